The lowest BCUT2D eigenvalue weighted by Crippen LogP contribution is -2.41. The van der Waals surface area contributed by atoms with Crippen LogP contribution in [0.4, 0.5) is 16.2 Å². The molecule has 2 aliphatic rings. The van der Waals surface area contributed by atoms with Crippen molar-refractivity contribution in [3.8, 4) is 11.5 Å². The zero-order valence-corrected chi connectivity index (χ0v) is 20.4. The van der Waals surface area contributed by atoms with Crippen LogP contribution in [0.25, 0.3) is 0 Å². The van der Waals surface area contributed by atoms with Gasteiger partial charge in [0.2, 0.25) is 0 Å². The molecule has 1 heterocycles. The lowest BCUT2D eigenvalue weighted by molar-refractivity contribution is -0.121. The van der Waals surface area contributed by atoms with E-state index in [-0.39, 0.29) is 30.0 Å². The monoisotopic (exact) mass is 465 g/mol. The van der Waals surface area contributed by atoms with Crippen molar-refractivity contribution >= 4 is 23.3 Å². The fourth-order valence-corrected chi connectivity index (χ4v) is 4.43. The smallest absolute Gasteiger partial charge is 0.319 e. The number of anilines is 2. The molecule has 182 valence electrons. The molecule has 7 nitrogen and oxygen atoms in total. The molecule has 1 saturated carbocycles. The van der Waals surface area contributed by atoms with Crippen LogP contribution < -0.4 is 25.0 Å². The van der Waals surface area contributed by atoms with Gasteiger partial charge in [-0.15, -0.1) is 0 Å². The molecule has 2 N–H and O–H groups in total. The second-order valence-electron chi connectivity index (χ2n) is 10.1. The fourth-order valence-electron chi connectivity index (χ4n) is 4.43. The molecule has 34 heavy (non-hydrogen) atoms. The summed E-state index contributed by atoms with van der Waals surface area (Å²) in [5, 5.41) is 5.95. The number of amides is 3. The Hall–Kier alpha value is -3.22. The Kier molecular flexibility index (Phi) is 7.29. The van der Waals surface area contributed by atoms with Gasteiger partial charge in [-0.3, -0.25) is 4.79 Å². The van der Waals surface area contributed by atoms with Crippen molar-refractivity contribution in [2.24, 2.45) is 0 Å². The van der Waals surface area contributed by atoms with E-state index in [4.69, 9.17) is 9.47 Å². The maximum atomic E-state index is 12.6. The molecule has 0 saturated heterocycles. The molecule has 2 aromatic carbocycles. The fraction of sp³-hybridized carbons (Fsp3) is 0.481. The highest BCUT2D eigenvalue weighted by Gasteiger charge is 2.26. The van der Waals surface area contributed by atoms with Gasteiger partial charge in [0.15, 0.2) is 6.61 Å². The van der Waals surface area contributed by atoms with Gasteiger partial charge in [0.25, 0.3) is 5.91 Å². The van der Waals surface area contributed by atoms with Crippen LogP contribution in [0.5, 0.6) is 11.5 Å². The van der Waals surface area contributed by atoms with Crippen molar-refractivity contribution < 1.29 is 19.1 Å². The van der Waals surface area contributed by atoms with Crippen LogP contribution in [0.3, 0.4) is 0 Å². The van der Waals surface area contributed by atoms with E-state index in [9.17, 15) is 9.59 Å². The molecule has 0 radical (unpaired) electrons. The van der Waals surface area contributed by atoms with Gasteiger partial charge in [0.05, 0.1) is 12.2 Å². The first-order chi connectivity index (χ1) is 16.3. The van der Waals surface area contributed by atoms with Crippen LogP contribution >= 0.6 is 0 Å². The number of carbonyl (C=O) groups excluding carboxylic acids is 2. The number of hydrogen-bond donors (Lipinski definition) is 2. The summed E-state index contributed by atoms with van der Waals surface area (Å²) in [4.78, 5) is 26.7. The Morgan fingerprint density at radius 1 is 1.09 bits per heavy atom. The maximum Gasteiger partial charge on any atom is 0.319 e. The van der Waals surface area contributed by atoms with Gasteiger partial charge in [-0.1, -0.05) is 52.2 Å². The summed E-state index contributed by atoms with van der Waals surface area (Å²) in [6.07, 6.45) is 5.59. The van der Waals surface area contributed by atoms with E-state index in [1.165, 1.54) is 12.0 Å². The Labute approximate surface area is 201 Å². The highest BCUT2D eigenvalue weighted by atomic mass is 16.5. The number of carbonyl (C=O) groups is 2. The Balaban J connectivity index is 1.37. The molecule has 1 fully saturated rings. The third kappa shape index (κ3) is 6.01. The average molecular weight is 466 g/mol. The van der Waals surface area contributed by atoms with Crippen molar-refractivity contribution in [3.05, 3.63) is 48.0 Å². The highest BCUT2D eigenvalue weighted by molar-refractivity contribution is 5.99. The topological polar surface area (TPSA) is 79.9 Å². The van der Waals surface area contributed by atoms with Crippen molar-refractivity contribution in [2.75, 3.05) is 30.0 Å². The summed E-state index contributed by atoms with van der Waals surface area (Å²) < 4.78 is 11.5. The zero-order chi connectivity index (χ0) is 24.1. The summed E-state index contributed by atoms with van der Waals surface area (Å²) in [5.74, 6) is 1.25. The molecular weight excluding hydrogens is 430 g/mol. The summed E-state index contributed by atoms with van der Waals surface area (Å²) in [6.45, 7) is 7.24. The summed E-state index contributed by atoms with van der Waals surface area (Å²) in [5.41, 5.74) is 2.58. The maximum absolute atomic E-state index is 12.6. The van der Waals surface area contributed by atoms with E-state index in [1.807, 2.05) is 12.1 Å². The molecule has 2 aromatic rings. The molecular formula is C27H35N3O4. The van der Waals surface area contributed by atoms with Crippen LogP contribution in [-0.4, -0.2) is 37.7 Å². The normalized spacial score (nSPS) is 16.4. The van der Waals surface area contributed by atoms with E-state index in [0.29, 0.717) is 30.3 Å². The molecule has 0 unspecified atom stereocenters. The zero-order valence-electron chi connectivity index (χ0n) is 20.4. The number of hydrogen-bond acceptors (Lipinski definition) is 4. The van der Waals surface area contributed by atoms with Crippen molar-refractivity contribution in [3.63, 3.8) is 0 Å². The Morgan fingerprint density at radius 2 is 1.82 bits per heavy atom. The first-order valence-electron chi connectivity index (χ1n) is 12.2. The minimum atomic E-state index is -0.219. The van der Waals surface area contributed by atoms with Gasteiger partial charge >= 0.3 is 6.03 Å². The van der Waals surface area contributed by atoms with Gasteiger partial charge < -0.3 is 25.0 Å². The van der Waals surface area contributed by atoms with E-state index in [1.54, 1.807) is 23.1 Å². The first kappa shape index (κ1) is 23.9. The van der Waals surface area contributed by atoms with Crippen LogP contribution in [0.2, 0.25) is 0 Å². The lowest BCUT2D eigenvalue weighted by Gasteiger charge is -2.30. The van der Waals surface area contributed by atoms with E-state index < -0.39 is 0 Å². The van der Waals surface area contributed by atoms with Gasteiger partial charge in [-0.2, -0.15) is 0 Å². The van der Waals surface area contributed by atoms with Crippen LogP contribution in [0.1, 0.15) is 58.4 Å². The highest BCUT2D eigenvalue weighted by Crippen LogP contribution is 2.34. The Morgan fingerprint density at radius 3 is 2.53 bits per heavy atom. The minimum Gasteiger partial charge on any atom is -0.492 e. The molecule has 1 aliphatic carbocycles. The molecule has 0 bridgehead atoms. The quantitative estimate of drug-likeness (QED) is 0.611. The molecule has 7 heteroatoms. The predicted molar refractivity (Wildman–Crippen MR) is 134 cm³/mol. The summed E-state index contributed by atoms with van der Waals surface area (Å²) >= 11 is 0. The number of nitrogens with one attached hydrogen (secondary N) is 2. The number of ether oxygens (including phenoxy) is 2. The van der Waals surface area contributed by atoms with E-state index in [0.717, 1.165) is 31.4 Å². The minimum absolute atomic E-state index is 0.0117. The number of fused-ring (bicyclic) bond motifs is 1. The molecule has 0 aromatic heterocycles. The Bertz CT molecular complexity index is 1010. The summed E-state index contributed by atoms with van der Waals surface area (Å²) in [7, 11) is 0. The molecule has 1 aliphatic heterocycles. The second-order valence-corrected chi connectivity index (χ2v) is 10.1. The third-order valence-electron chi connectivity index (χ3n) is 6.40. The van der Waals surface area contributed by atoms with Crippen LogP contribution in [-0.2, 0) is 10.2 Å². The summed E-state index contributed by atoms with van der Waals surface area (Å²) in [6, 6.07) is 13.4. The van der Waals surface area contributed by atoms with Crippen LogP contribution in [0.15, 0.2) is 42.5 Å². The number of urea groups is 1. The lowest BCUT2D eigenvalue weighted by atomic mass is 9.87. The van der Waals surface area contributed by atoms with Gasteiger partial charge in [-0.05, 0) is 54.2 Å². The number of benzene rings is 2. The van der Waals surface area contributed by atoms with Crippen molar-refractivity contribution in [2.45, 2.75) is 64.3 Å². The first-order valence-corrected chi connectivity index (χ1v) is 12.2. The van der Waals surface area contributed by atoms with Gasteiger partial charge in [0.1, 0.15) is 18.1 Å². The average Bonchev–Trinajstić information content (AvgIpc) is 2.81. The standard InChI is InChI=1S/C27H35N3O4/c1-27(2,3)19-9-12-22(13-10-19)33-16-15-30-23-17-21(11-14-24(23)34-18-25(30)31)29-26(32)28-20-7-5-4-6-8-20/h9-14,17,20H,4-8,15-16,18H2,1-3H3,(H2,28,29,32). The van der Waals surface area contributed by atoms with E-state index >= 15 is 0 Å². The molecule has 0 atom stereocenters. The molecule has 0 spiro atoms. The van der Waals surface area contributed by atoms with E-state index in [2.05, 4.69) is 43.5 Å². The number of nitrogens with zero attached hydrogens (tertiary/aromatic N) is 1. The van der Waals surface area contributed by atoms with Gasteiger partial charge in [-0.25, -0.2) is 4.79 Å². The van der Waals surface area contributed by atoms with Gasteiger partial charge in [0, 0.05) is 11.7 Å². The largest absolute Gasteiger partial charge is 0.492 e. The van der Waals surface area contributed by atoms with Crippen LogP contribution in [0, 0.1) is 0 Å². The second kappa shape index (κ2) is 10.4. The van der Waals surface area contributed by atoms with Crippen molar-refractivity contribution in [1.29, 1.82) is 0 Å². The van der Waals surface area contributed by atoms with Crippen molar-refractivity contribution in [1.82, 2.24) is 5.32 Å². The number of rotatable bonds is 6. The SMILES string of the molecule is CC(C)(C)c1ccc(OCCN2C(=O)COc3ccc(NC(=O)NC4CCCCC4)cc32)cc1. The third-order valence-corrected chi connectivity index (χ3v) is 6.40. The predicted octanol–water partition coefficient (Wildman–Crippen LogP) is 5.24. The molecule has 3 amide bonds. The molecule has 4 rings (SSSR count).